The Labute approximate surface area is 115 Å². The van der Waals surface area contributed by atoms with Crippen molar-refractivity contribution in [3.05, 3.63) is 42.5 Å². The summed E-state index contributed by atoms with van der Waals surface area (Å²) < 4.78 is 6.04. The molecular weight excluding hydrogens is 234 g/mol. The van der Waals surface area contributed by atoms with E-state index in [0.29, 0.717) is 12.6 Å². The van der Waals surface area contributed by atoms with E-state index in [-0.39, 0.29) is 5.41 Å². The highest BCUT2D eigenvalue weighted by atomic mass is 16.5. The van der Waals surface area contributed by atoms with Gasteiger partial charge in [0, 0.05) is 11.4 Å². The van der Waals surface area contributed by atoms with Gasteiger partial charge in [-0.3, -0.25) is 0 Å². The molecule has 1 unspecified atom stereocenters. The zero-order valence-electron chi connectivity index (χ0n) is 12.2. The number of fused-ring (bicyclic) bond motifs is 1. The number of likely N-dealkylation sites (N-methyl/N-ethyl adjacent to an activating group) is 1. The molecule has 2 aromatic rings. The fourth-order valence-electron chi connectivity index (χ4n) is 2.26. The van der Waals surface area contributed by atoms with Crippen molar-refractivity contribution in [3.8, 4) is 5.75 Å². The minimum Gasteiger partial charge on any atom is -0.491 e. The minimum absolute atomic E-state index is 0.180. The first kappa shape index (κ1) is 13.9. The van der Waals surface area contributed by atoms with Crippen molar-refractivity contribution >= 4 is 10.8 Å². The van der Waals surface area contributed by atoms with Gasteiger partial charge in [-0.2, -0.15) is 0 Å². The maximum atomic E-state index is 6.04. The predicted molar refractivity (Wildman–Crippen MR) is 81.7 cm³/mol. The van der Waals surface area contributed by atoms with E-state index in [1.807, 2.05) is 19.2 Å². The maximum absolute atomic E-state index is 6.04. The SMILES string of the molecule is CNC(COc1cccc2ccccc12)C(C)(C)C. The molecule has 0 heterocycles. The van der Waals surface area contributed by atoms with Gasteiger partial charge in [0.25, 0.3) is 0 Å². The second kappa shape index (κ2) is 5.62. The highest BCUT2D eigenvalue weighted by Crippen LogP contribution is 2.26. The summed E-state index contributed by atoms with van der Waals surface area (Å²) in [5.41, 5.74) is 0.180. The molecule has 102 valence electrons. The van der Waals surface area contributed by atoms with Crippen LogP contribution in [0.5, 0.6) is 5.75 Å². The van der Waals surface area contributed by atoms with Gasteiger partial charge in [-0.15, -0.1) is 0 Å². The molecule has 1 atom stereocenters. The molecule has 19 heavy (non-hydrogen) atoms. The van der Waals surface area contributed by atoms with Gasteiger partial charge >= 0.3 is 0 Å². The third-order valence-electron chi connectivity index (χ3n) is 3.55. The molecule has 0 aliphatic heterocycles. The van der Waals surface area contributed by atoms with Crippen LogP contribution in [0.2, 0.25) is 0 Å². The highest BCUT2D eigenvalue weighted by molar-refractivity contribution is 5.88. The van der Waals surface area contributed by atoms with Crippen molar-refractivity contribution in [1.29, 1.82) is 0 Å². The van der Waals surface area contributed by atoms with E-state index in [4.69, 9.17) is 4.74 Å². The molecule has 2 nitrogen and oxygen atoms in total. The van der Waals surface area contributed by atoms with Gasteiger partial charge in [0.1, 0.15) is 12.4 Å². The molecule has 0 bridgehead atoms. The van der Waals surface area contributed by atoms with Crippen LogP contribution in [0.15, 0.2) is 42.5 Å². The summed E-state index contributed by atoms with van der Waals surface area (Å²) >= 11 is 0. The highest BCUT2D eigenvalue weighted by Gasteiger charge is 2.23. The number of nitrogens with one attached hydrogen (secondary N) is 1. The second-order valence-electron chi connectivity index (χ2n) is 6.00. The van der Waals surface area contributed by atoms with Gasteiger partial charge < -0.3 is 10.1 Å². The topological polar surface area (TPSA) is 21.3 Å². The Balaban J connectivity index is 2.18. The van der Waals surface area contributed by atoms with Crippen molar-refractivity contribution in [2.24, 2.45) is 5.41 Å². The third kappa shape index (κ3) is 3.27. The Hall–Kier alpha value is -1.54. The second-order valence-corrected chi connectivity index (χ2v) is 6.00. The Morgan fingerprint density at radius 1 is 1.05 bits per heavy atom. The summed E-state index contributed by atoms with van der Waals surface area (Å²) in [4.78, 5) is 0. The maximum Gasteiger partial charge on any atom is 0.127 e. The lowest BCUT2D eigenvalue weighted by atomic mass is 9.87. The molecule has 0 spiro atoms. The Kier molecular flexibility index (Phi) is 4.11. The summed E-state index contributed by atoms with van der Waals surface area (Å²) in [6.45, 7) is 7.34. The van der Waals surface area contributed by atoms with Crippen LogP contribution in [0.3, 0.4) is 0 Å². The smallest absolute Gasteiger partial charge is 0.127 e. The minimum atomic E-state index is 0.180. The summed E-state index contributed by atoms with van der Waals surface area (Å²) in [5.74, 6) is 0.961. The average Bonchev–Trinajstić information content (AvgIpc) is 2.38. The van der Waals surface area contributed by atoms with Crippen molar-refractivity contribution < 1.29 is 4.74 Å². The molecule has 0 radical (unpaired) electrons. The number of benzene rings is 2. The van der Waals surface area contributed by atoms with Gasteiger partial charge in [0.05, 0.1) is 0 Å². The first-order chi connectivity index (χ1) is 9.02. The lowest BCUT2D eigenvalue weighted by Crippen LogP contribution is -2.42. The Morgan fingerprint density at radius 3 is 2.42 bits per heavy atom. The molecule has 0 aliphatic carbocycles. The van der Waals surface area contributed by atoms with Crippen LogP contribution < -0.4 is 10.1 Å². The van der Waals surface area contributed by atoms with E-state index in [1.54, 1.807) is 0 Å². The monoisotopic (exact) mass is 257 g/mol. The van der Waals surface area contributed by atoms with Crippen LogP contribution in [0, 0.1) is 5.41 Å². The van der Waals surface area contributed by atoms with Crippen LogP contribution in [-0.4, -0.2) is 19.7 Å². The molecule has 0 fully saturated rings. The van der Waals surface area contributed by atoms with E-state index >= 15 is 0 Å². The van der Waals surface area contributed by atoms with Gasteiger partial charge in [0.15, 0.2) is 0 Å². The quantitative estimate of drug-likeness (QED) is 0.898. The van der Waals surface area contributed by atoms with Crippen molar-refractivity contribution in [2.75, 3.05) is 13.7 Å². The lowest BCUT2D eigenvalue weighted by Gasteiger charge is -2.30. The molecule has 0 aromatic heterocycles. The Bertz CT molecular complexity index is 537. The average molecular weight is 257 g/mol. The summed E-state index contributed by atoms with van der Waals surface area (Å²) in [5, 5.41) is 5.73. The van der Waals surface area contributed by atoms with E-state index in [1.165, 1.54) is 10.8 Å². The zero-order chi connectivity index (χ0) is 13.9. The molecule has 2 rings (SSSR count). The lowest BCUT2D eigenvalue weighted by molar-refractivity contribution is 0.183. The van der Waals surface area contributed by atoms with Crippen molar-refractivity contribution in [2.45, 2.75) is 26.8 Å². The van der Waals surface area contributed by atoms with Gasteiger partial charge in [-0.25, -0.2) is 0 Å². The van der Waals surface area contributed by atoms with E-state index in [9.17, 15) is 0 Å². The van der Waals surface area contributed by atoms with Gasteiger partial charge in [-0.1, -0.05) is 57.2 Å². The van der Waals surface area contributed by atoms with Gasteiger partial charge in [0.2, 0.25) is 0 Å². The number of rotatable bonds is 4. The first-order valence-corrected chi connectivity index (χ1v) is 6.80. The van der Waals surface area contributed by atoms with Crippen LogP contribution in [0.25, 0.3) is 10.8 Å². The fraction of sp³-hybridized carbons (Fsp3) is 0.412. The third-order valence-corrected chi connectivity index (χ3v) is 3.55. The summed E-state index contributed by atoms with van der Waals surface area (Å²) in [6, 6.07) is 14.8. The van der Waals surface area contributed by atoms with E-state index in [0.717, 1.165) is 5.75 Å². The van der Waals surface area contributed by atoms with Crippen molar-refractivity contribution in [1.82, 2.24) is 5.32 Å². The molecule has 2 aromatic carbocycles. The predicted octanol–water partition coefficient (Wildman–Crippen LogP) is 3.85. The number of hydrogen-bond acceptors (Lipinski definition) is 2. The normalized spacial score (nSPS) is 13.5. The zero-order valence-corrected chi connectivity index (χ0v) is 12.2. The van der Waals surface area contributed by atoms with Crippen LogP contribution in [0.4, 0.5) is 0 Å². The van der Waals surface area contributed by atoms with Gasteiger partial charge in [-0.05, 0) is 23.9 Å². The van der Waals surface area contributed by atoms with Crippen molar-refractivity contribution in [3.63, 3.8) is 0 Å². The molecule has 1 N–H and O–H groups in total. The number of hydrogen-bond donors (Lipinski definition) is 1. The molecule has 0 amide bonds. The van der Waals surface area contributed by atoms with E-state index < -0.39 is 0 Å². The van der Waals surface area contributed by atoms with E-state index in [2.05, 4.69) is 56.4 Å². The van der Waals surface area contributed by atoms with Crippen LogP contribution in [-0.2, 0) is 0 Å². The summed E-state index contributed by atoms with van der Waals surface area (Å²) in [7, 11) is 1.99. The Morgan fingerprint density at radius 2 is 1.74 bits per heavy atom. The molecule has 0 saturated carbocycles. The standard InChI is InChI=1S/C17H23NO/c1-17(2,3)16(18-4)12-19-15-11-7-9-13-8-5-6-10-14(13)15/h5-11,16,18H,12H2,1-4H3. The van der Waals surface area contributed by atoms with Crippen LogP contribution >= 0.6 is 0 Å². The molecule has 0 saturated heterocycles. The molecular formula is C17H23NO. The fourth-order valence-corrected chi connectivity index (χ4v) is 2.26. The largest absolute Gasteiger partial charge is 0.491 e. The van der Waals surface area contributed by atoms with Crippen LogP contribution in [0.1, 0.15) is 20.8 Å². The first-order valence-electron chi connectivity index (χ1n) is 6.80. The molecule has 2 heteroatoms. The number of ether oxygens (including phenoxy) is 1. The summed E-state index contributed by atoms with van der Waals surface area (Å²) in [6.07, 6.45) is 0. The molecule has 0 aliphatic rings.